The summed E-state index contributed by atoms with van der Waals surface area (Å²) in [6.07, 6.45) is 3.89. The van der Waals surface area contributed by atoms with E-state index in [1.165, 1.54) is 6.92 Å². The molecule has 0 saturated heterocycles. The van der Waals surface area contributed by atoms with Gasteiger partial charge < -0.3 is 14.3 Å². The fourth-order valence-electron chi connectivity index (χ4n) is 4.32. The Morgan fingerprint density at radius 2 is 1.37 bits per heavy atom. The second kappa shape index (κ2) is 9.98. The van der Waals surface area contributed by atoms with Crippen LogP contribution in [0.2, 0.25) is 16.6 Å². The van der Waals surface area contributed by atoms with E-state index in [0.29, 0.717) is 22.4 Å². The van der Waals surface area contributed by atoms with Crippen molar-refractivity contribution in [3.8, 4) is 17.2 Å². The maximum Gasteiger partial charge on any atom is 0.308 e. The van der Waals surface area contributed by atoms with Crippen molar-refractivity contribution >= 4 is 26.4 Å². The molecule has 0 saturated carbocycles. The smallest absolute Gasteiger partial charge is 0.308 e. The second-order valence-corrected chi connectivity index (χ2v) is 14.1. The largest absolute Gasteiger partial charge is 0.543 e. The van der Waals surface area contributed by atoms with Crippen LogP contribution in [0.5, 0.6) is 17.2 Å². The first-order valence-electron chi connectivity index (χ1n) is 10.5. The highest BCUT2D eigenvalue weighted by atomic mass is 28.4. The number of rotatable bonds is 8. The van der Waals surface area contributed by atoms with E-state index in [0.717, 1.165) is 16.9 Å². The van der Waals surface area contributed by atoms with E-state index in [-0.39, 0.29) is 11.7 Å². The van der Waals surface area contributed by atoms with E-state index in [1.54, 1.807) is 24.3 Å². The zero-order valence-electron chi connectivity index (χ0n) is 19.1. The van der Waals surface area contributed by atoms with Crippen molar-refractivity contribution in [3.63, 3.8) is 0 Å². The third kappa shape index (κ3) is 5.76. The molecule has 2 aromatic carbocycles. The average Bonchev–Trinajstić information content (AvgIpc) is 2.64. The van der Waals surface area contributed by atoms with Gasteiger partial charge in [0.25, 0.3) is 8.32 Å². The Kier molecular flexibility index (Phi) is 7.90. The van der Waals surface area contributed by atoms with Gasteiger partial charge in [-0.2, -0.15) is 0 Å². The molecule has 4 nitrogen and oxygen atoms in total. The third-order valence-corrected chi connectivity index (χ3v) is 11.5. The number of aromatic hydroxyl groups is 1. The van der Waals surface area contributed by atoms with Crippen molar-refractivity contribution in [3.05, 3.63) is 53.6 Å². The van der Waals surface area contributed by atoms with Crippen LogP contribution in [0.1, 0.15) is 59.6 Å². The first-order chi connectivity index (χ1) is 14.0. The molecule has 0 heterocycles. The Morgan fingerprint density at radius 3 is 1.87 bits per heavy atom. The van der Waals surface area contributed by atoms with E-state index in [9.17, 15) is 9.90 Å². The van der Waals surface area contributed by atoms with Crippen LogP contribution < -0.4 is 9.16 Å². The van der Waals surface area contributed by atoms with Crippen LogP contribution >= 0.6 is 0 Å². The van der Waals surface area contributed by atoms with Gasteiger partial charge in [0, 0.05) is 13.0 Å². The van der Waals surface area contributed by atoms with Gasteiger partial charge in [-0.05, 0) is 52.0 Å². The molecule has 0 aliphatic heterocycles. The number of benzene rings is 2. The summed E-state index contributed by atoms with van der Waals surface area (Å²) in [6.45, 7) is 14.9. The van der Waals surface area contributed by atoms with Crippen LogP contribution in [0.25, 0.3) is 12.2 Å². The monoisotopic (exact) mass is 426 g/mol. The van der Waals surface area contributed by atoms with E-state index >= 15 is 0 Å². The SMILES string of the molecule is CC(=O)Oc1ccc(C=Cc2cc(O)cc(O[Si](C(C)C)(C(C)C)C(C)C)c2)cc1. The lowest BCUT2D eigenvalue weighted by molar-refractivity contribution is -0.131. The van der Waals surface area contributed by atoms with E-state index in [1.807, 2.05) is 30.4 Å². The molecule has 0 unspecified atom stereocenters. The summed E-state index contributed by atoms with van der Waals surface area (Å²) in [5.74, 6) is 1.10. The van der Waals surface area contributed by atoms with Crippen LogP contribution in [0, 0.1) is 0 Å². The van der Waals surface area contributed by atoms with Gasteiger partial charge >= 0.3 is 5.97 Å². The Balaban J connectivity index is 2.28. The molecule has 2 aromatic rings. The molecule has 0 amide bonds. The molecule has 0 atom stereocenters. The predicted molar refractivity (Wildman–Crippen MR) is 126 cm³/mol. The molecule has 5 heteroatoms. The van der Waals surface area contributed by atoms with Crippen molar-refractivity contribution in [2.45, 2.75) is 65.1 Å². The number of esters is 1. The molecule has 0 aliphatic rings. The second-order valence-electron chi connectivity index (χ2n) is 8.68. The normalized spacial score (nSPS) is 12.2. The van der Waals surface area contributed by atoms with Crippen LogP contribution in [0.15, 0.2) is 42.5 Å². The van der Waals surface area contributed by atoms with E-state index in [4.69, 9.17) is 9.16 Å². The van der Waals surface area contributed by atoms with Gasteiger partial charge in [-0.3, -0.25) is 4.79 Å². The number of hydrogen-bond acceptors (Lipinski definition) is 4. The minimum absolute atomic E-state index is 0.191. The molecule has 2 rings (SSSR count). The number of carbonyl (C=O) groups excluding carboxylic acids is 1. The molecule has 30 heavy (non-hydrogen) atoms. The topological polar surface area (TPSA) is 55.8 Å². The van der Waals surface area contributed by atoms with E-state index in [2.05, 4.69) is 41.5 Å². The summed E-state index contributed by atoms with van der Waals surface area (Å²) < 4.78 is 11.8. The molecule has 0 radical (unpaired) electrons. The summed E-state index contributed by atoms with van der Waals surface area (Å²) in [7, 11) is -2.10. The van der Waals surface area contributed by atoms with Crippen molar-refractivity contribution in [2.24, 2.45) is 0 Å². The van der Waals surface area contributed by atoms with Gasteiger partial charge in [-0.25, -0.2) is 0 Å². The van der Waals surface area contributed by atoms with Gasteiger partial charge in [0.1, 0.15) is 17.2 Å². The van der Waals surface area contributed by atoms with Gasteiger partial charge in [-0.15, -0.1) is 0 Å². The molecule has 162 valence electrons. The average molecular weight is 427 g/mol. The van der Waals surface area contributed by atoms with Crippen LogP contribution in [-0.4, -0.2) is 19.4 Å². The molecular formula is C25H34O4Si. The number of ether oxygens (including phenoxy) is 1. The van der Waals surface area contributed by atoms with Gasteiger partial charge in [-0.1, -0.05) is 65.8 Å². The Hall–Kier alpha value is -2.53. The number of phenols is 1. The maximum atomic E-state index is 11.0. The summed E-state index contributed by atoms with van der Waals surface area (Å²) in [5.41, 5.74) is 3.19. The van der Waals surface area contributed by atoms with Crippen molar-refractivity contribution in [1.82, 2.24) is 0 Å². The molecule has 0 aromatic heterocycles. The highest BCUT2D eigenvalue weighted by Crippen LogP contribution is 2.43. The Bertz CT molecular complexity index is 861. The predicted octanol–water partition coefficient (Wildman–Crippen LogP) is 7.04. The molecule has 0 bridgehead atoms. The first-order valence-corrected chi connectivity index (χ1v) is 12.7. The minimum Gasteiger partial charge on any atom is -0.543 e. The Morgan fingerprint density at radius 1 is 0.833 bits per heavy atom. The summed E-state index contributed by atoms with van der Waals surface area (Å²) >= 11 is 0. The molecule has 1 N–H and O–H groups in total. The van der Waals surface area contributed by atoms with Crippen molar-refractivity contribution < 1.29 is 19.1 Å². The minimum atomic E-state index is -2.10. The fourth-order valence-corrected chi connectivity index (χ4v) is 9.56. The summed E-state index contributed by atoms with van der Waals surface area (Å²) in [4.78, 5) is 11.0. The summed E-state index contributed by atoms with van der Waals surface area (Å²) in [6, 6.07) is 12.7. The zero-order chi connectivity index (χ0) is 22.5. The van der Waals surface area contributed by atoms with Gasteiger partial charge in [0.05, 0.1) is 0 Å². The van der Waals surface area contributed by atoms with Crippen LogP contribution in [0.3, 0.4) is 0 Å². The van der Waals surface area contributed by atoms with Crippen LogP contribution in [-0.2, 0) is 4.79 Å². The van der Waals surface area contributed by atoms with Gasteiger partial charge in [0.2, 0.25) is 0 Å². The molecule has 0 spiro atoms. The highest BCUT2D eigenvalue weighted by Gasteiger charge is 2.47. The van der Waals surface area contributed by atoms with Gasteiger partial charge in [0.15, 0.2) is 0 Å². The molecular weight excluding hydrogens is 392 g/mol. The quantitative estimate of drug-likeness (QED) is 0.213. The highest BCUT2D eigenvalue weighted by molar-refractivity contribution is 6.78. The standard InChI is InChI=1S/C25H34O4Si/c1-17(2)30(18(3)4,19(5)6)29-25-15-22(14-23(27)16-25)9-8-21-10-12-24(13-11-21)28-20(7)26/h8-19,27H,1-7H3. The van der Waals surface area contributed by atoms with Crippen molar-refractivity contribution in [2.75, 3.05) is 0 Å². The third-order valence-electron chi connectivity index (χ3n) is 5.53. The Labute approximate surface area is 181 Å². The van der Waals surface area contributed by atoms with E-state index < -0.39 is 8.32 Å². The lowest BCUT2D eigenvalue weighted by Crippen LogP contribution is -2.50. The van der Waals surface area contributed by atoms with Crippen LogP contribution in [0.4, 0.5) is 0 Å². The zero-order valence-corrected chi connectivity index (χ0v) is 20.1. The van der Waals surface area contributed by atoms with Crippen molar-refractivity contribution in [1.29, 1.82) is 0 Å². The lowest BCUT2D eigenvalue weighted by atomic mass is 10.1. The fraction of sp³-hybridized carbons (Fsp3) is 0.400. The number of phenolic OH excluding ortho intramolecular Hbond substituents is 1. The summed E-state index contributed by atoms with van der Waals surface area (Å²) in [5, 5.41) is 10.3. The molecule has 0 aliphatic carbocycles. The first kappa shape index (κ1) is 23.7. The number of hydrogen-bond donors (Lipinski definition) is 1. The number of carbonyl (C=O) groups is 1. The maximum absolute atomic E-state index is 11.0. The molecule has 0 fully saturated rings. The lowest BCUT2D eigenvalue weighted by Gasteiger charge is -2.42.